The van der Waals surface area contributed by atoms with Crippen LogP contribution >= 0.6 is 0 Å². The first-order valence-electron chi connectivity index (χ1n) is 4.41. The number of hydrogen-bond acceptors (Lipinski definition) is 4. The maximum absolute atomic E-state index is 13.5. The van der Waals surface area contributed by atoms with Gasteiger partial charge in [0.15, 0.2) is 11.5 Å². The molecule has 3 N–H and O–H groups in total. The van der Waals surface area contributed by atoms with E-state index in [2.05, 4.69) is 0 Å². The fourth-order valence-corrected chi connectivity index (χ4v) is 1.25. The summed E-state index contributed by atoms with van der Waals surface area (Å²) in [6.45, 7) is -0.327. The minimum absolute atomic E-state index is 0.204. The first kappa shape index (κ1) is 11.7. The molecule has 0 bridgehead atoms. The summed E-state index contributed by atoms with van der Waals surface area (Å²) in [7, 11) is 2.87. The van der Waals surface area contributed by atoms with Gasteiger partial charge in [0.05, 0.1) is 26.9 Å². The van der Waals surface area contributed by atoms with Gasteiger partial charge in [0.2, 0.25) is 0 Å². The van der Waals surface area contributed by atoms with Crippen LogP contribution in [0.1, 0.15) is 11.6 Å². The molecule has 0 heterocycles. The zero-order chi connectivity index (χ0) is 11.4. The number of hydrogen-bond donors (Lipinski definition) is 2. The van der Waals surface area contributed by atoms with Crippen LogP contribution in [0.5, 0.6) is 11.5 Å². The predicted octanol–water partition coefficient (Wildman–Crippen LogP) is 0.835. The maximum atomic E-state index is 13.5. The van der Waals surface area contributed by atoms with Crippen molar-refractivity contribution in [1.82, 2.24) is 0 Å². The Morgan fingerprint density at radius 1 is 1.33 bits per heavy atom. The Bertz CT molecular complexity index is 344. The Kier molecular flexibility index (Phi) is 3.88. The molecule has 0 radical (unpaired) electrons. The van der Waals surface area contributed by atoms with Crippen molar-refractivity contribution in [3.8, 4) is 11.5 Å². The van der Waals surface area contributed by atoms with Crippen LogP contribution in [0.25, 0.3) is 0 Å². The summed E-state index contributed by atoms with van der Waals surface area (Å²) < 4.78 is 23.4. The largest absolute Gasteiger partial charge is 0.493 e. The highest BCUT2D eigenvalue weighted by Gasteiger charge is 2.15. The van der Waals surface area contributed by atoms with Crippen molar-refractivity contribution in [2.45, 2.75) is 6.04 Å². The number of benzene rings is 1. The molecule has 1 rings (SSSR count). The third-order valence-corrected chi connectivity index (χ3v) is 2.10. The molecule has 4 nitrogen and oxygen atoms in total. The summed E-state index contributed by atoms with van der Waals surface area (Å²) in [5, 5.41) is 8.84. The number of rotatable bonds is 4. The lowest BCUT2D eigenvalue weighted by Crippen LogP contribution is -2.16. The Balaban J connectivity index is 3.19. The summed E-state index contributed by atoms with van der Waals surface area (Å²) >= 11 is 0. The molecule has 0 saturated heterocycles. The van der Waals surface area contributed by atoms with Gasteiger partial charge < -0.3 is 20.3 Å². The lowest BCUT2D eigenvalue weighted by atomic mass is 10.1. The molecule has 0 fully saturated rings. The molecule has 0 aromatic heterocycles. The van der Waals surface area contributed by atoms with E-state index in [1.807, 2.05) is 0 Å². The molecule has 1 aromatic rings. The fourth-order valence-electron chi connectivity index (χ4n) is 1.25. The SMILES string of the molecule is COc1cc(F)c(C(N)CO)cc1OC. The first-order valence-corrected chi connectivity index (χ1v) is 4.41. The summed E-state index contributed by atoms with van der Waals surface area (Å²) in [6, 6.07) is 1.85. The second kappa shape index (κ2) is 4.95. The van der Waals surface area contributed by atoms with E-state index in [0.29, 0.717) is 11.5 Å². The van der Waals surface area contributed by atoms with Crippen LogP contribution in [0, 0.1) is 5.82 Å². The van der Waals surface area contributed by atoms with Crippen LogP contribution in [0.15, 0.2) is 12.1 Å². The van der Waals surface area contributed by atoms with E-state index >= 15 is 0 Å². The molecule has 15 heavy (non-hydrogen) atoms. The molecule has 1 unspecified atom stereocenters. The number of aliphatic hydroxyl groups is 1. The molecule has 0 aliphatic carbocycles. The van der Waals surface area contributed by atoms with E-state index in [1.165, 1.54) is 26.4 Å². The molecule has 84 valence electrons. The average Bonchev–Trinajstić information content (AvgIpc) is 2.27. The number of nitrogens with two attached hydrogens (primary N) is 1. The van der Waals surface area contributed by atoms with E-state index in [0.717, 1.165) is 0 Å². The Morgan fingerprint density at radius 3 is 2.33 bits per heavy atom. The summed E-state index contributed by atoms with van der Waals surface area (Å²) in [5.41, 5.74) is 5.73. The summed E-state index contributed by atoms with van der Waals surface area (Å²) in [5.74, 6) is 0.163. The third-order valence-electron chi connectivity index (χ3n) is 2.10. The van der Waals surface area contributed by atoms with Crippen LogP contribution in [0.4, 0.5) is 4.39 Å². The Labute approximate surface area is 87.4 Å². The molecular weight excluding hydrogens is 201 g/mol. The van der Waals surface area contributed by atoms with Gasteiger partial charge in [-0.3, -0.25) is 0 Å². The molecular formula is C10H14FNO3. The first-order chi connectivity index (χ1) is 7.13. The minimum Gasteiger partial charge on any atom is -0.493 e. The zero-order valence-electron chi connectivity index (χ0n) is 8.66. The maximum Gasteiger partial charge on any atom is 0.163 e. The normalized spacial score (nSPS) is 12.3. The van der Waals surface area contributed by atoms with Crippen LogP contribution in [-0.4, -0.2) is 25.9 Å². The Morgan fingerprint density at radius 2 is 1.87 bits per heavy atom. The van der Waals surface area contributed by atoms with Gasteiger partial charge in [0.1, 0.15) is 5.82 Å². The number of ether oxygens (including phenoxy) is 2. The standard InChI is InChI=1S/C10H14FNO3/c1-14-9-3-6(8(12)5-13)7(11)4-10(9)15-2/h3-4,8,13H,5,12H2,1-2H3. The highest BCUT2D eigenvalue weighted by molar-refractivity contribution is 5.44. The van der Waals surface area contributed by atoms with Gasteiger partial charge in [-0.05, 0) is 6.07 Å². The molecule has 1 aromatic carbocycles. The van der Waals surface area contributed by atoms with Crippen molar-refractivity contribution >= 4 is 0 Å². The monoisotopic (exact) mass is 215 g/mol. The lowest BCUT2D eigenvalue weighted by molar-refractivity contribution is 0.264. The third kappa shape index (κ3) is 2.37. The topological polar surface area (TPSA) is 64.7 Å². The lowest BCUT2D eigenvalue weighted by Gasteiger charge is -2.14. The van der Waals surface area contributed by atoms with E-state index in [9.17, 15) is 4.39 Å². The molecule has 1 atom stereocenters. The predicted molar refractivity (Wildman–Crippen MR) is 53.5 cm³/mol. The van der Waals surface area contributed by atoms with Crippen molar-refractivity contribution in [3.05, 3.63) is 23.5 Å². The van der Waals surface area contributed by atoms with Gasteiger partial charge in [-0.2, -0.15) is 0 Å². The van der Waals surface area contributed by atoms with Crippen LogP contribution in [0.3, 0.4) is 0 Å². The fraction of sp³-hybridized carbons (Fsp3) is 0.400. The number of halogens is 1. The van der Waals surface area contributed by atoms with Gasteiger partial charge in [-0.15, -0.1) is 0 Å². The zero-order valence-corrected chi connectivity index (χ0v) is 8.66. The van der Waals surface area contributed by atoms with Crippen molar-refractivity contribution < 1.29 is 19.0 Å². The van der Waals surface area contributed by atoms with Crippen LogP contribution in [0.2, 0.25) is 0 Å². The van der Waals surface area contributed by atoms with Crippen LogP contribution < -0.4 is 15.2 Å². The number of methoxy groups -OCH3 is 2. The van der Waals surface area contributed by atoms with Gasteiger partial charge in [-0.25, -0.2) is 4.39 Å². The smallest absolute Gasteiger partial charge is 0.163 e. The van der Waals surface area contributed by atoms with E-state index in [1.54, 1.807) is 0 Å². The molecule has 0 amide bonds. The van der Waals surface area contributed by atoms with Gasteiger partial charge in [0.25, 0.3) is 0 Å². The van der Waals surface area contributed by atoms with Crippen molar-refractivity contribution in [2.24, 2.45) is 5.73 Å². The van der Waals surface area contributed by atoms with Crippen molar-refractivity contribution in [3.63, 3.8) is 0 Å². The Hall–Kier alpha value is -1.33. The minimum atomic E-state index is -0.759. The highest BCUT2D eigenvalue weighted by Crippen LogP contribution is 2.31. The van der Waals surface area contributed by atoms with E-state index < -0.39 is 11.9 Å². The van der Waals surface area contributed by atoms with Crippen molar-refractivity contribution in [1.29, 1.82) is 0 Å². The van der Waals surface area contributed by atoms with Gasteiger partial charge in [0, 0.05) is 11.6 Å². The van der Waals surface area contributed by atoms with Gasteiger partial charge >= 0.3 is 0 Å². The van der Waals surface area contributed by atoms with Crippen molar-refractivity contribution in [2.75, 3.05) is 20.8 Å². The molecule has 5 heteroatoms. The summed E-state index contributed by atoms with van der Waals surface area (Å²) in [4.78, 5) is 0. The highest BCUT2D eigenvalue weighted by atomic mass is 19.1. The molecule has 0 aliphatic rings. The van der Waals surface area contributed by atoms with E-state index in [-0.39, 0.29) is 12.2 Å². The van der Waals surface area contributed by atoms with E-state index in [4.69, 9.17) is 20.3 Å². The molecule has 0 aliphatic heterocycles. The average molecular weight is 215 g/mol. The summed E-state index contributed by atoms with van der Waals surface area (Å²) in [6.07, 6.45) is 0. The molecule has 0 saturated carbocycles. The number of aliphatic hydroxyl groups excluding tert-OH is 1. The second-order valence-corrected chi connectivity index (χ2v) is 3.02. The quantitative estimate of drug-likeness (QED) is 0.781. The molecule has 0 spiro atoms. The van der Waals surface area contributed by atoms with Crippen LogP contribution in [-0.2, 0) is 0 Å². The van der Waals surface area contributed by atoms with Gasteiger partial charge in [-0.1, -0.05) is 0 Å². The second-order valence-electron chi connectivity index (χ2n) is 3.02.